The number of hydrogen-bond acceptors (Lipinski definition) is 10. The summed E-state index contributed by atoms with van der Waals surface area (Å²) in [5.41, 5.74) is 3.67. The average Bonchev–Trinajstić information content (AvgIpc) is 3.74. The van der Waals surface area contributed by atoms with Gasteiger partial charge in [-0.1, -0.05) is 23.9 Å². The molecule has 0 fully saturated rings. The fraction of sp³-hybridized carbons (Fsp3) is 0.344. The molecule has 45 heavy (non-hydrogen) atoms. The van der Waals surface area contributed by atoms with E-state index in [4.69, 9.17) is 14.2 Å². The maximum absolute atomic E-state index is 13.4. The van der Waals surface area contributed by atoms with E-state index in [-0.39, 0.29) is 25.0 Å². The van der Waals surface area contributed by atoms with E-state index in [2.05, 4.69) is 20.8 Å². The van der Waals surface area contributed by atoms with Gasteiger partial charge in [0.15, 0.2) is 22.5 Å². The normalized spacial score (nSPS) is 12.7. The number of esters is 1. The zero-order valence-corrected chi connectivity index (χ0v) is 27.4. The molecular weight excluding hydrogens is 615 g/mol. The van der Waals surface area contributed by atoms with Gasteiger partial charge in [-0.15, -0.1) is 21.5 Å². The largest absolute Gasteiger partial charge is 0.493 e. The fourth-order valence-corrected chi connectivity index (χ4v) is 7.26. The van der Waals surface area contributed by atoms with E-state index in [1.165, 1.54) is 37.3 Å². The van der Waals surface area contributed by atoms with Gasteiger partial charge in [0.1, 0.15) is 5.00 Å². The molecule has 0 saturated heterocycles. The number of fused-ring (bicyclic) bond motifs is 1. The quantitative estimate of drug-likeness (QED) is 0.154. The van der Waals surface area contributed by atoms with Crippen LogP contribution in [0.5, 0.6) is 11.5 Å². The van der Waals surface area contributed by atoms with Gasteiger partial charge >= 0.3 is 5.97 Å². The summed E-state index contributed by atoms with van der Waals surface area (Å²) in [6.45, 7) is 5.86. The van der Waals surface area contributed by atoms with Crippen LogP contribution < -0.4 is 20.1 Å². The van der Waals surface area contributed by atoms with Crippen molar-refractivity contribution in [3.05, 3.63) is 75.4 Å². The number of rotatable bonds is 12. The molecule has 2 aromatic carbocycles. The number of nitrogens with zero attached hydrogens (tertiary/aromatic N) is 3. The summed E-state index contributed by atoms with van der Waals surface area (Å²) in [5.74, 6) is 0.453. The standard InChI is InChI=1S/C32H35N5O6S2/c1-6-43-31(40)27-22-11-8-12-25(22)45-30(27)34-28(38)19(3)44-32-36-35-26(37(32)21-10-7-9-18(2)15-21)17-33-29(39)20-13-14-23(41-4)24(16-20)42-5/h7,9-10,13-16,19H,6,8,11-12,17H2,1-5H3,(H,33,39)(H,34,38)/t19-/m0/s1. The van der Waals surface area contributed by atoms with Crippen molar-refractivity contribution < 1.29 is 28.6 Å². The molecule has 0 unspecified atom stereocenters. The van der Waals surface area contributed by atoms with Gasteiger partial charge in [0, 0.05) is 16.1 Å². The Labute approximate surface area is 269 Å². The van der Waals surface area contributed by atoms with Crippen molar-refractivity contribution in [2.24, 2.45) is 0 Å². The number of thioether (sulfide) groups is 1. The third-order valence-electron chi connectivity index (χ3n) is 7.30. The van der Waals surface area contributed by atoms with Crippen LogP contribution in [0.4, 0.5) is 5.00 Å². The Kier molecular flexibility index (Phi) is 10.1. The predicted octanol–water partition coefficient (Wildman–Crippen LogP) is 5.37. The maximum Gasteiger partial charge on any atom is 0.341 e. The third-order valence-corrected chi connectivity index (χ3v) is 9.55. The number of aryl methyl sites for hydroxylation is 2. The number of methoxy groups -OCH3 is 2. The molecule has 2 amide bonds. The fourth-order valence-electron chi connectivity index (χ4n) is 5.09. The highest BCUT2D eigenvalue weighted by Gasteiger charge is 2.30. The van der Waals surface area contributed by atoms with Crippen molar-refractivity contribution >= 4 is 45.9 Å². The summed E-state index contributed by atoms with van der Waals surface area (Å²) in [5, 5.41) is 15.1. The van der Waals surface area contributed by atoms with E-state index >= 15 is 0 Å². The molecular formula is C32H35N5O6S2. The molecule has 0 bridgehead atoms. The highest BCUT2D eigenvalue weighted by molar-refractivity contribution is 8.00. The lowest BCUT2D eigenvalue weighted by Crippen LogP contribution is -2.25. The Morgan fingerprint density at radius 1 is 1.07 bits per heavy atom. The summed E-state index contributed by atoms with van der Waals surface area (Å²) >= 11 is 2.68. The van der Waals surface area contributed by atoms with E-state index < -0.39 is 11.2 Å². The van der Waals surface area contributed by atoms with Crippen molar-refractivity contribution in [2.75, 3.05) is 26.1 Å². The lowest BCUT2D eigenvalue weighted by molar-refractivity contribution is -0.115. The number of benzene rings is 2. The highest BCUT2D eigenvalue weighted by atomic mass is 32.2. The van der Waals surface area contributed by atoms with Gasteiger partial charge in [-0.05, 0) is 81.5 Å². The third kappa shape index (κ3) is 6.99. The van der Waals surface area contributed by atoms with E-state index in [0.717, 1.165) is 41.0 Å². The van der Waals surface area contributed by atoms with E-state index in [9.17, 15) is 14.4 Å². The summed E-state index contributed by atoms with van der Waals surface area (Å²) in [4.78, 5) is 40.4. The summed E-state index contributed by atoms with van der Waals surface area (Å²) < 4.78 is 17.7. The SMILES string of the molecule is CCOC(=O)c1c(NC(=O)[C@H](C)Sc2nnc(CNC(=O)c3ccc(OC)c(OC)c3)n2-c2cccc(C)c2)sc2c1CCC2. The smallest absolute Gasteiger partial charge is 0.341 e. The van der Waals surface area contributed by atoms with Crippen molar-refractivity contribution in [1.82, 2.24) is 20.1 Å². The molecule has 0 aliphatic heterocycles. The van der Waals surface area contributed by atoms with Crippen LogP contribution in [0.15, 0.2) is 47.6 Å². The van der Waals surface area contributed by atoms with Gasteiger partial charge in [0.05, 0.1) is 38.2 Å². The van der Waals surface area contributed by atoms with Crippen molar-refractivity contribution in [2.45, 2.75) is 57.0 Å². The minimum atomic E-state index is -0.584. The number of nitrogens with one attached hydrogen (secondary N) is 2. The molecule has 2 aromatic heterocycles. The Morgan fingerprint density at radius 3 is 2.60 bits per heavy atom. The molecule has 236 valence electrons. The molecule has 4 aromatic rings. The zero-order chi connectivity index (χ0) is 32.1. The maximum atomic E-state index is 13.4. The minimum absolute atomic E-state index is 0.0822. The van der Waals surface area contributed by atoms with Gasteiger partial charge in [-0.3, -0.25) is 14.2 Å². The molecule has 1 aliphatic rings. The van der Waals surface area contributed by atoms with E-state index in [1.54, 1.807) is 32.0 Å². The number of amides is 2. The summed E-state index contributed by atoms with van der Waals surface area (Å²) in [6, 6.07) is 12.7. The average molecular weight is 650 g/mol. The summed E-state index contributed by atoms with van der Waals surface area (Å²) in [7, 11) is 3.04. The molecule has 5 rings (SSSR count). The first-order valence-electron chi connectivity index (χ1n) is 14.5. The molecule has 0 radical (unpaired) electrons. The van der Waals surface area contributed by atoms with Crippen LogP contribution >= 0.6 is 23.1 Å². The second-order valence-corrected chi connectivity index (χ2v) is 12.8. The first kappa shape index (κ1) is 32.0. The van der Waals surface area contributed by atoms with Gasteiger partial charge in [-0.2, -0.15) is 0 Å². The van der Waals surface area contributed by atoms with Crippen LogP contribution in [-0.4, -0.2) is 58.6 Å². The summed E-state index contributed by atoms with van der Waals surface area (Å²) in [6.07, 6.45) is 2.67. The number of ether oxygens (including phenoxy) is 3. The molecule has 11 nitrogen and oxygen atoms in total. The zero-order valence-electron chi connectivity index (χ0n) is 25.8. The van der Waals surface area contributed by atoms with Gasteiger partial charge < -0.3 is 24.8 Å². The van der Waals surface area contributed by atoms with Gasteiger partial charge in [0.25, 0.3) is 5.91 Å². The first-order valence-corrected chi connectivity index (χ1v) is 16.2. The van der Waals surface area contributed by atoms with Crippen LogP contribution in [0.2, 0.25) is 0 Å². The lowest BCUT2D eigenvalue weighted by atomic mass is 10.1. The topological polar surface area (TPSA) is 134 Å². The lowest BCUT2D eigenvalue weighted by Gasteiger charge is -2.15. The molecule has 2 heterocycles. The van der Waals surface area contributed by atoms with Crippen molar-refractivity contribution in [3.63, 3.8) is 0 Å². The molecule has 1 atom stereocenters. The second-order valence-electron chi connectivity index (χ2n) is 10.4. The van der Waals surface area contributed by atoms with Crippen LogP contribution in [-0.2, 0) is 28.9 Å². The van der Waals surface area contributed by atoms with Gasteiger partial charge in [-0.25, -0.2) is 4.79 Å². The number of anilines is 1. The highest BCUT2D eigenvalue weighted by Crippen LogP contribution is 2.40. The number of hydrogen-bond donors (Lipinski definition) is 2. The van der Waals surface area contributed by atoms with Crippen LogP contribution in [0.3, 0.4) is 0 Å². The minimum Gasteiger partial charge on any atom is -0.493 e. The van der Waals surface area contributed by atoms with E-state index in [0.29, 0.717) is 38.6 Å². The molecule has 1 aliphatic carbocycles. The number of aromatic nitrogens is 3. The Bertz CT molecular complexity index is 1730. The Morgan fingerprint density at radius 2 is 1.87 bits per heavy atom. The predicted molar refractivity (Wildman–Crippen MR) is 173 cm³/mol. The number of carbonyl (C=O) groups excluding carboxylic acids is 3. The monoisotopic (exact) mass is 649 g/mol. The first-order chi connectivity index (χ1) is 21.7. The Balaban J connectivity index is 1.36. The molecule has 13 heteroatoms. The number of carbonyl (C=O) groups is 3. The molecule has 0 spiro atoms. The van der Waals surface area contributed by atoms with Crippen LogP contribution in [0.1, 0.15) is 62.8 Å². The van der Waals surface area contributed by atoms with Crippen molar-refractivity contribution in [1.29, 1.82) is 0 Å². The second kappa shape index (κ2) is 14.2. The van der Waals surface area contributed by atoms with Crippen molar-refractivity contribution in [3.8, 4) is 17.2 Å². The molecule has 0 saturated carbocycles. The van der Waals surface area contributed by atoms with E-state index in [1.807, 2.05) is 35.8 Å². The molecule has 2 N–H and O–H groups in total. The Hall–Kier alpha value is -4.36. The number of thiophene rings is 1. The van der Waals surface area contributed by atoms with Crippen LogP contribution in [0.25, 0.3) is 5.69 Å². The van der Waals surface area contributed by atoms with Gasteiger partial charge in [0.2, 0.25) is 5.91 Å². The van der Waals surface area contributed by atoms with Crippen LogP contribution in [0, 0.1) is 6.92 Å².